The summed E-state index contributed by atoms with van der Waals surface area (Å²) in [7, 11) is 0. The molecule has 2 aromatic rings. The van der Waals surface area contributed by atoms with Gasteiger partial charge in [0, 0.05) is 6.42 Å². The van der Waals surface area contributed by atoms with Crippen molar-refractivity contribution in [3.63, 3.8) is 0 Å². The highest BCUT2D eigenvalue weighted by molar-refractivity contribution is 5.41. The van der Waals surface area contributed by atoms with Crippen LogP contribution in [0.25, 0.3) is 0 Å². The van der Waals surface area contributed by atoms with Gasteiger partial charge in [-0.3, -0.25) is 0 Å². The van der Waals surface area contributed by atoms with E-state index < -0.39 is 36.8 Å². The van der Waals surface area contributed by atoms with E-state index in [0.29, 0.717) is 24.3 Å². The molecule has 6 atom stereocenters. The fourth-order valence-electron chi connectivity index (χ4n) is 3.54. The first-order valence-corrected chi connectivity index (χ1v) is 10.3. The van der Waals surface area contributed by atoms with Gasteiger partial charge in [0.1, 0.15) is 35.9 Å². The summed E-state index contributed by atoms with van der Waals surface area (Å²) in [5, 5.41) is 49.9. The highest BCUT2D eigenvalue weighted by Crippen LogP contribution is 2.30. The van der Waals surface area contributed by atoms with Gasteiger partial charge in [0.25, 0.3) is 0 Å². The molecule has 0 radical (unpaired) electrons. The molecule has 0 aromatic heterocycles. The lowest BCUT2D eigenvalue weighted by Gasteiger charge is -2.41. The van der Waals surface area contributed by atoms with Crippen LogP contribution in [0.5, 0.6) is 11.5 Å². The molecule has 3 rings (SSSR count). The van der Waals surface area contributed by atoms with Crippen molar-refractivity contribution in [1.82, 2.24) is 0 Å². The molecule has 0 spiro atoms. The Hall–Kier alpha value is -2.20. The van der Waals surface area contributed by atoms with Crippen molar-refractivity contribution in [2.24, 2.45) is 0 Å². The van der Waals surface area contributed by atoms with Crippen LogP contribution in [-0.2, 0) is 17.8 Å². The first-order valence-electron chi connectivity index (χ1n) is 10.3. The number of hydrogen-bond acceptors (Lipinski definition) is 8. The fourth-order valence-corrected chi connectivity index (χ4v) is 3.54. The van der Waals surface area contributed by atoms with Gasteiger partial charge in [-0.1, -0.05) is 24.3 Å². The Bertz CT molecular complexity index is 838. The van der Waals surface area contributed by atoms with Crippen LogP contribution < -0.4 is 9.47 Å². The van der Waals surface area contributed by atoms with E-state index in [1.54, 1.807) is 12.1 Å². The quantitative estimate of drug-likeness (QED) is 0.411. The molecule has 1 fully saturated rings. The molecule has 0 amide bonds. The van der Waals surface area contributed by atoms with E-state index in [0.717, 1.165) is 16.9 Å². The van der Waals surface area contributed by atoms with E-state index in [-0.39, 0.29) is 6.61 Å². The van der Waals surface area contributed by atoms with Crippen LogP contribution >= 0.6 is 0 Å². The molecule has 31 heavy (non-hydrogen) atoms. The van der Waals surface area contributed by atoms with Crippen LogP contribution in [0.4, 0.5) is 0 Å². The Morgan fingerprint density at radius 1 is 0.968 bits per heavy atom. The Morgan fingerprint density at radius 2 is 1.65 bits per heavy atom. The van der Waals surface area contributed by atoms with E-state index >= 15 is 0 Å². The van der Waals surface area contributed by atoms with Crippen LogP contribution in [-0.4, -0.2) is 68.9 Å². The summed E-state index contributed by atoms with van der Waals surface area (Å²) >= 11 is 0. The van der Waals surface area contributed by atoms with Gasteiger partial charge in [-0.2, -0.15) is 0 Å². The second kappa shape index (κ2) is 10.4. The number of aliphatic hydroxyl groups is 5. The summed E-state index contributed by atoms with van der Waals surface area (Å²) in [5.74, 6) is 1.13. The predicted octanol–water partition coefficient (Wildman–Crippen LogP) is 0.736. The topological polar surface area (TPSA) is 129 Å². The highest BCUT2D eigenvalue weighted by atomic mass is 16.7. The molecule has 1 aliphatic heterocycles. The van der Waals surface area contributed by atoms with Crippen molar-refractivity contribution in [3.8, 4) is 11.5 Å². The zero-order chi connectivity index (χ0) is 22.5. The van der Waals surface area contributed by atoms with Crippen molar-refractivity contribution >= 4 is 0 Å². The van der Waals surface area contributed by atoms with E-state index in [4.69, 9.17) is 14.2 Å². The first kappa shape index (κ1) is 23.5. The second-order valence-electron chi connectivity index (χ2n) is 7.65. The van der Waals surface area contributed by atoms with E-state index in [1.165, 1.54) is 6.92 Å². The second-order valence-corrected chi connectivity index (χ2v) is 7.65. The van der Waals surface area contributed by atoms with Crippen molar-refractivity contribution in [1.29, 1.82) is 0 Å². The molecule has 0 aliphatic carbocycles. The summed E-state index contributed by atoms with van der Waals surface area (Å²) in [6, 6.07) is 12.8. The molecule has 1 heterocycles. The maximum atomic E-state index is 10.4. The molecule has 8 heteroatoms. The van der Waals surface area contributed by atoms with Gasteiger partial charge in [-0.05, 0) is 48.7 Å². The normalized spacial score (nSPS) is 27.0. The Kier molecular flexibility index (Phi) is 7.88. The smallest absolute Gasteiger partial charge is 0.229 e. The van der Waals surface area contributed by atoms with Gasteiger partial charge in [0.15, 0.2) is 0 Å². The standard InChI is InChI=1S/C23H30O8/c1-3-29-17-8-5-14(6-9-17)10-16-7-4-15(12-24)11-18(16)30-23-21(28)19(26)20(27)22(31-23)13(2)25/h4-9,11,13,19-28H,3,10,12H2,1-2H3/t13-,19-,20-,21+,22+,23+/m0/s1. The zero-order valence-corrected chi connectivity index (χ0v) is 17.6. The first-order chi connectivity index (χ1) is 14.8. The summed E-state index contributed by atoms with van der Waals surface area (Å²) < 4.78 is 16.9. The van der Waals surface area contributed by atoms with Crippen molar-refractivity contribution in [3.05, 3.63) is 59.2 Å². The summed E-state index contributed by atoms with van der Waals surface area (Å²) in [6.45, 7) is 3.71. The minimum Gasteiger partial charge on any atom is -0.494 e. The molecule has 0 bridgehead atoms. The third-order valence-corrected chi connectivity index (χ3v) is 5.27. The summed E-state index contributed by atoms with van der Waals surface area (Å²) in [6.07, 6.45) is -7.56. The average molecular weight is 434 g/mol. The molecule has 0 unspecified atom stereocenters. The average Bonchev–Trinajstić information content (AvgIpc) is 2.76. The lowest BCUT2D eigenvalue weighted by atomic mass is 9.96. The Balaban J connectivity index is 1.84. The van der Waals surface area contributed by atoms with E-state index in [2.05, 4.69) is 0 Å². The number of ether oxygens (including phenoxy) is 3. The van der Waals surface area contributed by atoms with Crippen LogP contribution in [0.2, 0.25) is 0 Å². The van der Waals surface area contributed by atoms with Crippen LogP contribution in [0, 0.1) is 0 Å². The van der Waals surface area contributed by atoms with Gasteiger partial charge >= 0.3 is 0 Å². The van der Waals surface area contributed by atoms with Gasteiger partial charge in [-0.15, -0.1) is 0 Å². The molecule has 170 valence electrons. The molecule has 1 saturated heterocycles. The van der Waals surface area contributed by atoms with Gasteiger partial charge in [0.2, 0.25) is 6.29 Å². The maximum Gasteiger partial charge on any atom is 0.229 e. The molecule has 8 nitrogen and oxygen atoms in total. The zero-order valence-electron chi connectivity index (χ0n) is 17.6. The van der Waals surface area contributed by atoms with Crippen LogP contribution in [0.15, 0.2) is 42.5 Å². The fraction of sp³-hybridized carbons (Fsp3) is 0.478. The third kappa shape index (κ3) is 5.54. The molecule has 2 aromatic carbocycles. The third-order valence-electron chi connectivity index (χ3n) is 5.27. The van der Waals surface area contributed by atoms with Crippen LogP contribution in [0.3, 0.4) is 0 Å². The molecule has 0 saturated carbocycles. The predicted molar refractivity (Wildman–Crippen MR) is 112 cm³/mol. The van der Waals surface area contributed by atoms with Crippen molar-refractivity contribution < 1.29 is 39.7 Å². The minimum absolute atomic E-state index is 0.203. The van der Waals surface area contributed by atoms with E-state index in [1.807, 2.05) is 37.3 Å². The van der Waals surface area contributed by atoms with Crippen molar-refractivity contribution in [2.75, 3.05) is 6.61 Å². The Labute approximate surface area is 181 Å². The monoisotopic (exact) mass is 434 g/mol. The SMILES string of the molecule is CCOc1ccc(Cc2ccc(CO)cc2O[C@@H]2O[C@H]([C@H](C)O)[C@@H](O)[C@H](O)[C@H]2O)cc1. The Morgan fingerprint density at radius 3 is 2.26 bits per heavy atom. The van der Waals surface area contributed by atoms with Crippen LogP contribution in [0.1, 0.15) is 30.5 Å². The van der Waals surface area contributed by atoms with E-state index in [9.17, 15) is 25.5 Å². The largest absolute Gasteiger partial charge is 0.494 e. The molecule has 5 N–H and O–H groups in total. The van der Waals surface area contributed by atoms with Crippen molar-refractivity contribution in [2.45, 2.75) is 63.7 Å². The lowest BCUT2D eigenvalue weighted by Crippen LogP contribution is -2.61. The maximum absolute atomic E-state index is 10.4. The molecule has 1 aliphatic rings. The summed E-state index contributed by atoms with van der Waals surface area (Å²) in [4.78, 5) is 0. The minimum atomic E-state index is -1.55. The lowest BCUT2D eigenvalue weighted by molar-refractivity contribution is -0.286. The molecular weight excluding hydrogens is 404 g/mol. The van der Waals surface area contributed by atoms with Gasteiger partial charge < -0.3 is 39.7 Å². The highest BCUT2D eigenvalue weighted by Gasteiger charge is 2.46. The molecular formula is C23H30O8. The van der Waals surface area contributed by atoms with Gasteiger partial charge in [-0.25, -0.2) is 0 Å². The number of hydrogen-bond donors (Lipinski definition) is 5. The number of benzene rings is 2. The number of rotatable bonds is 8. The van der Waals surface area contributed by atoms with Gasteiger partial charge in [0.05, 0.1) is 19.3 Å². The summed E-state index contributed by atoms with van der Waals surface area (Å²) in [5.41, 5.74) is 2.36. The number of aliphatic hydroxyl groups excluding tert-OH is 5.